The Morgan fingerprint density at radius 3 is 2.42 bits per heavy atom. The second kappa shape index (κ2) is 5.64. The first-order valence-corrected chi connectivity index (χ1v) is 7.81. The molecule has 0 saturated carbocycles. The SMILES string of the molecule is CCC(NC1CN2CCC1CC2)c1ccc(C)cc1. The minimum atomic E-state index is 0.520. The smallest absolute Gasteiger partial charge is 0.0320 e. The van der Waals surface area contributed by atoms with E-state index < -0.39 is 0 Å². The van der Waals surface area contributed by atoms with E-state index >= 15 is 0 Å². The van der Waals surface area contributed by atoms with Crippen LogP contribution in [0.1, 0.15) is 43.4 Å². The zero-order valence-corrected chi connectivity index (χ0v) is 12.2. The number of aryl methyl sites for hydroxylation is 1. The third-order valence-corrected chi connectivity index (χ3v) is 4.96. The number of rotatable bonds is 4. The molecule has 2 bridgehead atoms. The van der Waals surface area contributed by atoms with Crippen molar-refractivity contribution < 1.29 is 0 Å². The van der Waals surface area contributed by atoms with Crippen LogP contribution in [0.4, 0.5) is 0 Å². The molecule has 0 amide bonds. The molecule has 0 aromatic heterocycles. The molecule has 3 heterocycles. The number of hydrogen-bond acceptors (Lipinski definition) is 2. The quantitative estimate of drug-likeness (QED) is 0.892. The summed E-state index contributed by atoms with van der Waals surface area (Å²) in [7, 11) is 0. The van der Waals surface area contributed by atoms with E-state index in [-0.39, 0.29) is 0 Å². The third-order valence-electron chi connectivity index (χ3n) is 4.96. The number of benzene rings is 1. The van der Waals surface area contributed by atoms with Crippen LogP contribution >= 0.6 is 0 Å². The lowest BCUT2D eigenvalue weighted by atomic mass is 9.83. The van der Waals surface area contributed by atoms with Gasteiger partial charge in [0.15, 0.2) is 0 Å². The van der Waals surface area contributed by atoms with Gasteiger partial charge in [-0.25, -0.2) is 0 Å². The number of hydrogen-bond donors (Lipinski definition) is 1. The van der Waals surface area contributed by atoms with E-state index in [1.165, 1.54) is 50.0 Å². The molecule has 0 radical (unpaired) electrons. The third kappa shape index (κ3) is 2.85. The van der Waals surface area contributed by atoms with Gasteiger partial charge < -0.3 is 10.2 Å². The van der Waals surface area contributed by atoms with Crippen molar-refractivity contribution in [1.82, 2.24) is 10.2 Å². The van der Waals surface area contributed by atoms with E-state index in [2.05, 4.69) is 48.3 Å². The van der Waals surface area contributed by atoms with Crippen LogP contribution in [0.25, 0.3) is 0 Å². The highest BCUT2D eigenvalue weighted by molar-refractivity contribution is 5.24. The fourth-order valence-electron chi connectivity index (χ4n) is 3.66. The van der Waals surface area contributed by atoms with Crippen LogP contribution in [0.5, 0.6) is 0 Å². The molecular weight excluding hydrogens is 232 g/mol. The van der Waals surface area contributed by atoms with Gasteiger partial charge in [0, 0.05) is 18.6 Å². The molecule has 1 N–H and O–H groups in total. The van der Waals surface area contributed by atoms with Gasteiger partial charge in [-0.3, -0.25) is 0 Å². The first kappa shape index (κ1) is 13.1. The maximum absolute atomic E-state index is 3.93. The second-order valence-corrected chi connectivity index (χ2v) is 6.28. The molecule has 104 valence electrons. The lowest BCUT2D eigenvalue weighted by Crippen LogP contribution is -2.56. The number of fused-ring (bicyclic) bond motifs is 3. The molecular formula is C17H26N2. The van der Waals surface area contributed by atoms with Crippen LogP contribution in [-0.4, -0.2) is 30.6 Å². The van der Waals surface area contributed by atoms with E-state index in [0.717, 1.165) is 5.92 Å². The molecule has 0 spiro atoms. The standard InChI is InChI=1S/C17H26N2/c1-3-16(14-6-4-13(2)5-7-14)18-17-12-19-10-8-15(17)9-11-19/h4-7,15-18H,3,8-12H2,1-2H3. The Balaban J connectivity index is 1.68. The van der Waals surface area contributed by atoms with E-state index in [9.17, 15) is 0 Å². The number of nitrogens with zero attached hydrogens (tertiary/aromatic N) is 1. The Morgan fingerprint density at radius 2 is 1.89 bits per heavy atom. The van der Waals surface area contributed by atoms with Crippen molar-refractivity contribution in [1.29, 1.82) is 0 Å². The lowest BCUT2D eigenvalue weighted by molar-refractivity contribution is 0.0666. The lowest BCUT2D eigenvalue weighted by Gasteiger charge is -2.46. The Morgan fingerprint density at radius 1 is 1.21 bits per heavy atom. The molecule has 0 aliphatic carbocycles. The first-order chi connectivity index (χ1) is 9.26. The van der Waals surface area contributed by atoms with E-state index in [1.54, 1.807) is 0 Å². The first-order valence-electron chi connectivity index (χ1n) is 7.81. The summed E-state index contributed by atoms with van der Waals surface area (Å²) in [6.45, 7) is 8.35. The summed E-state index contributed by atoms with van der Waals surface area (Å²) in [6, 6.07) is 10.3. The van der Waals surface area contributed by atoms with Gasteiger partial charge in [-0.05, 0) is 50.8 Å². The molecule has 2 unspecified atom stereocenters. The molecule has 1 aromatic carbocycles. The molecule has 3 saturated heterocycles. The van der Waals surface area contributed by atoms with Crippen LogP contribution in [0.2, 0.25) is 0 Å². The van der Waals surface area contributed by atoms with Crippen LogP contribution in [0.15, 0.2) is 24.3 Å². The van der Waals surface area contributed by atoms with Crippen molar-refractivity contribution in [3.8, 4) is 0 Å². The topological polar surface area (TPSA) is 15.3 Å². The predicted molar refractivity (Wildman–Crippen MR) is 80.3 cm³/mol. The largest absolute Gasteiger partial charge is 0.306 e. The van der Waals surface area contributed by atoms with Crippen molar-refractivity contribution >= 4 is 0 Å². The molecule has 3 aliphatic rings. The van der Waals surface area contributed by atoms with Gasteiger partial charge >= 0.3 is 0 Å². The summed E-state index contributed by atoms with van der Waals surface area (Å²) < 4.78 is 0. The summed E-state index contributed by atoms with van der Waals surface area (Å²) in [4.78, 5) is 2.62. The minimum absolute atomic E-state index is 0.520. The van der Waals surface area contributed by atoms with Crippen molar-refractivity contribution in [3.05, 3.63) is 35.4 Å². The van der Waals surface area contributed by atoms with Gasteiger partial charge in [0.2, 0.25) is 0 Å². The number of nitrogens with one attached hydrogen (secondary N) is 1. The monoisotopic (exact) mass is 258 g/mol. The highest BCUT2D eigenvalue weighted by Gasteiger charge is 2.34. The second-order valence-electron chi connectivity index (χ2n) is 6.28. The van der Waals surface area contributed by atoms with Crippen molar-refractivity contribution in [2.45, 2.75) is 45.2 Å². The molecule has 2 nitrogen and oxygen atoms in total. The van der Waals surface area contributed by atoms with E-state index in [4.69, 9.17) is 0 Å². The van der Waals surface area contributed by atoms with Gasteiger partial charge in [-0.1, -0.05) is 36.8 Å². The average molecular weight is 258 g/mol. The van der Waals surface area contributed by atoms with Crippen LogP contribution in [0.3, 0.4) is 0 Å². The van der Waals surface area contributed by atoms with Gasteiger partial charge in [0.25, 0.3) is 0 Å². The molecule has 19 heavy (non-hydrogen) atoms. The maximum atomic E-state index is 3.93. The van der Waals surface area contributed by atoms with Crippen molar-refractivity contribution in [2.75, 3.05) is 19.6 Å². The van der Waals surface area contributed by atoms with Crippen molar-refractivity contribution in [3.63, 3.8) is 0 Å². The van der Waals surface area contributed by atoms with E-state index in [0.29, 0.717) is 12.1 Å². The Labute approximate surface area is 117 Å². The Kier molecular flexibility index (Phi) is 3.90. The average Bonchev–Trinajstić information content (AvgIpc) is 2.47. The molecule has 4 rings (SSSR count). The zero-order chi connectivity index (χ0) is 13.2. The summed E-state index contributed by atoms with van der Waals surface area (Å²) in [6.07, 6.45) is 3.95. The van der Waals surface area contributed by atoms with Crippen LogP contribution in [-0.2, 0) is 0 Å². The van der Waals surface area contributed by atoms with Gasteiger partial charge in [-0.15, -0.1) is 0 Å². The molecule has 2 heteroatoms. The summed E-state index contributed by atoms with van der Waals surface area (Å²) >= 11 is 0. The van der Waals surface area contributed by atoms with Crippen LogP contribution < -0.4 is 5.32 Å². The minimum Gasteiger partial charge on any atom is -0.306 e. The van der Waals surface area contributed by atoms with Crippen molar-refractivity contribution in [2.24, 2.45) is 5.92 Å². The van der Waals surface area contributed by atoms with Gasteiger partial charge in [0.1, 0.15) is 0 Å². The summed E-state index contributed by atoms with van der Waals surface area (Å²) in [5.41, 5.74) is 2.80. The fourth-order valence-corrected chi connectivity index (χ4v) is 3.66. The maximum Gasteiger partial charge on any atom is 0.0320 e. The highest BCUT2D eigenvalue weighted by atomic mass is 15.2. The fraction of sp³-hybridized carbons (Fsp3) is 0.647. The van der Waals surface area contributed by atoms with Crippen LogP contribution in [0, 0.1) is 12.8 Å². The molecule has 1 aromatic rings. The Bertz CT molecular complexity index is 404. The Hall–Kier alpha value is -0.860. The van der Waals surface area contributed by atoms with Gasteiger partial charge in [0.05, 0.1) is 0 Å². The highest BCUT2D eigenvalue weighted by Crippen LogP contribution is 2.30. The molecule has 3 aliphatic heterocycles. The van der Waals surface area contributed by atoms with E-state index in [1.807, 2.05) is 0 Å². The molecule has 2 atom stereocenters. The summed E-state index contributed by atoms with van der Waals surface area (Å²) in [5, 5.41) is 3.93. The predicted octanol–water partition coefficient (Wildman–Crippen LogP) is 3.13. The summed E-state index contributed by atoms with van der Waals surface area (Å²) in [5.74, 6) is 0.907. The normalized spacial score (nSPS) is 31.4. The van der Waals surface area contributed by atoms with Gasteiger partial charge in [-0.2, -0.15) is 0 Å². The zero-order valence-electron chi connectivity index (χ0n) is 12.2. The molecule has 3 fully saturated rings. The number of piperidine rings is 3.